The Hall–Kier alpha value is -2.86. The summed E-state index contributed by atoms with van der Waals surface area (Å²) in [6.45, 7) is 1.84. The summed E-state index contributed by atoms with van der Waals surface area (Å²) < 4.78 is 0. The van der Waals surface area contributed by atoms with Crippen molar-refractivity contribution in [2.24, 2.45) is 0 Å². The summed E-state index contributed by atoms with van der Waals surface area (Å²) in [6.07, 6.45) is 0.383. The molecule has 0 aliphatic heterocycles. The largest absolute Gasteiger partial charge is 0.355 e. The highest BCUT2D eigenvalue weighted by atomic mass is 35.5. The number of hydrogen-bond acceptors (Lipinski definition) is 3. The minimum atomic E-state index is -0.422. The lowest BCUT2D eigenvalue weighted by atomic mass is 10.1. The Morgan fingerprint density at radius 2 is 1.58 bits per heavy atom. The Balaban J connectivity index is 1.75. The first-order chi connectivity index (χ1) is 12.4. The van der Waals surface area contributed by atoms with Gasteiger partial charge in [0.2, 0.25) is 17.7 Å². The van der Waals surface area contributed by atoms with Gasteiger partial charge in [-0.3, -0.25) is 14.4 Å². The van der Waals surface area contributed by atoms with Gasteiger partial charge in [0.05, 0.1) is 0 Å². The van der Waals surface area contributed by atoms with Crippen molar-refractivity contribution in [1.82, 2.24) is 5.32 Å². The van der Waals surface area contributed by atoms with E-state index < -0.39 is 5.91 Å². The average Bonchev–Trinajstić information content (AvgIpc) is 2.56. The zero-order valence-electron chi connectivity index (χ0n) is 14.3. The van der Waals surface area contributed by atoms with Gasteiger partial charge >= 0.3 is 0 Å². The van der Waals surface area contributed by atoms with Crippen molar-refractivity contribution in [3.8, 4) is 0 Å². The molecule has 2 aromatic carbocycles. The molecule has 0 heterocycles. The smallest absolute Gasteiger partial charge is 0.233 e. The highest BCUT2D eigenvalue weighted by Crippen LogP contribution is 2.15. The molecule has 7 heteroatoms. The van der Waals surface area contributed by atoms with Crippen molar-refractivity contribution in [2.75, 3.05) is 17.2 Å². The molecule has 0 aliphatic carbocycles. The monoisotopic (exact) mass is 373 g/mol. The van der Waals surface area contributed by atoms with Gasteiger partial charge in [-0.25, -0.2) is 0 Å². The van der Waals surface area contributed by atoms with E-state index in [1.807, 2.05) is 12.1 Å². The molecule has 3 amide bonds. The van der Waals surface area contributed by atoms with Crippen LogP contribution >= 0.6 is 11.6 Å². The SMILES string of the molecule is CC(=O)Nc1cccc(NC(=O)CC(=O)NCCc2ccc(Cl)cc2)c1. The molecule has 0 radical (unpaired) electrons. The van der Waals surface area contributed by atoms with E-state index in [0.717, 1.165) is 5.56 Å². The first-order valence-electron chi connectivity index (χ1n) is 8.11. The molecule has 136 valence electrons. The zero-order chi connectivity index (χ0) is 18.9. The predicted octanol–water partition coefficient (Wildman–Crippen LogP) is 2.99. The van der Waals surface area contributed by atoms with Gasteiger partial charge in [0.15, 0.2) is 0 Å². The van der Waals surface area contributed by atoms with Gasteiger partial charge in [0.1, 0.15) is 6.42 Å². The fraction of sp³-hybridized carbons (Fsp3) is 0.211. The maximum Gasteiger partial charge on any atom is 0.233 e. The van der Waals surface area contributed by atoms with Gasteiger partial charge in [-0.15, -0.1) is 0 Å². The fourth-order valence-corrected chi connectivity index (χ4v) is 2.41. The Morgan fingerprint density at radius 1 is 0.923 bits per heavy atom. The second-order valence-corrected chi connectivity index (χ2v) is 6.15. The summed E-state index contributed by atoms with van der Waals surface area (Å²) >= 11 is 5.82. The van der Waals surface area contributed by atoms with E-state index in [0.29, 0.717) is 29.4 Å². The molecule has 3 N–H and O–H groups in total. The Morgan fingerprint density at radius 3 is 2.23 bits per heavy atom. The Labute approximate surface area is 156 Å². The number of anilines is 2. The third-order valence-corrected chi connectivity index (χ3v) is 3.69. The second-order valence-electron chi connectivity index (χ2n) is 5.71. The van der Waals surface area contributed by atoms with E-state index in [1.54, 1.807) is 36.4 Å². The second kappa shape index (κ2) is 9.58. The Kier molecular flexibility index (Phi) is 7.17. The Bertz CT molecular complexity index is 791. The standard InChI is InChI=1S/C19H20ClN3O3/c1-13(24)22-16-3-2-4-17(11-16)23-19(26)12-18(25)21-10-9-14-5-7-15(20)8-6-14/h2-8,11H,9-10,12H2,1H3,(H,21,25)(H,22,24)(H,23,26). The van der Waals surface area contributed by atoms with Crippen molar-refractivity contribution in [1.29, 1.82) is 0 Å². The highest BCUT2D eigenvalue weighted by molar-refractivity contribution is 6.30. The van der Waals surface area contributed by atoms with Gasteiger partial charge in [-0.1, -0.05) is 29.8 Å². The molecule has 0 spiro atoms. The third kappa shape index (κ3) is 6.94. The third-order valence-electron chi connectivity index (χ3n) is 3.44. The van der Waals surface area contributed by atoms with E-state index in [9.17, 15) is 14.4 Å². The van der Waals surface area contributed by atoms with Crippen LogP contribution in [0.4, 0.5) is 11.4 Å². The number of carbonyl (C=O) groups excluding carboxylic acids is 3. The maximum absolute atomic E-state index is 12.0. The van der Waals surface area contributed by atoms with Crippen LogP contribution in [0, 0.1) is 0 Å². The van der Waals surface area contributed by atoms with Crippen molar-refractivity contribution >= 4 is 40.7 Å². The lowest BCUT2D eigenvalue weighted by molar-refractivity contribution is -0.126. The first-order valence-corrected chi connectivity index (χ1v) is 8.49. The quantitative estimate of drug-likeness (QED) is 0.652. The molecule has 0 saturated heterocycles. The van der Waals surface area contributed by atoms with Crippen LogP contribution < -0.4 is 16.0 Å². The van der Waals surface area contributed by atoms with Crippen LogP contribution in [-0.2, 0) is 20.8 Å². The van der Waals surface area contributed by atoms with Crippen molar-refractivity contribution in [3.63, 3.8) is 0 Å². The summed E-state index contributed by atoms with van der Waals surface area (Å²) in [6, 6.07) is 14.1. The van der Waals surface area contributed by atoms with Crippen LogP contribution in [0.15, 0.2) is 48.5 Å². The molecule has 0 atom stereocenters. The number of benzene rings is 2. The highest BCUT2D eigenvalue weighted by Gasteiger charge is 2.10. The van der Waals surface area contributed by atoms with E-state index in [-0.39, 0.29) is 18.2 Å². The van der Waals surface area contributed by atoms with E-state index in [4.69, 9.17) is 11.6 Å². The van der Waals surface area contributed by atoms with Crippen LogP contribution in [0.25, 0.3) is 0 Å². The minimum absolute atomic E-state index is 0.200. The molecular weight excluding hydrogens is 354 g/mol. The molecule has 0 aliphatic rings. The van der Waals surface area contributed by atoms with Crippen LogP contribution in [-0.4, -0.2) is 24.3 Å². The molecule has 6 nitrogen and oxygen atoms in total. The van der Waals surface area contributed by atoms with Gasteiger partial charge in [-0.05, 0) is 42.3 Å². The van der Waals surface area contributed by atoms with Crippen molar-refractivity contribution < 1.29 is 14.4 Å². The molecule has 0 fully saturated rings. The molecule has 0 aromatic heterocycles. The van der Waals surface area contributed by atoms with E-state index >= 15 is 0 Å². The molecule has 0 bridgehead atoms. The van der Waals surface area contributed by atoms with Gasteiger partial charge in [0.25, 0.3) is 0 Å². The number of amides is 3. The lowest BCUT2D eigenvalue weighted by Gasteiger charge is -2.08. The number of carbonyl (C=O) groups is 3. The van der Waals surface area contributed by atoms with Gasteiger partial charge < -0.3 is 16.0 Å². The van der Waals surface area contributed by atoms with Gasteiger partial charge in [0, 0.05) is 29.9 Å². The summed E-state index contributed by atoms with van der Waals surface area (Å²) in [5, 5.41) is 8.64. The van der Waals surface area contributed by atoms with Crippen LogP contribution in [0.3, 0.4) is 0 Å². The van der Waals surface area contributed by atoms with Crippen LogP contribution in [0.5, 0.6) is 0 Å². The number of hydrogen-bond donors (Lipinski definition) is 3. The summed E-state index contributed by atoms with van der Waals surface area (Å²) in [4.78, 5) is 34.9. The molecule has 2 aromatic rings. The topological polar surface area (TPSA) is 87.3 Å². The van der Waals surface area contributed by atoms with Crippen molar-refractivity contribution in [3.05, 3.63) is 59.1 Å². The lowest BCUT2D eigenvalue weighted by Crippen LogP contribution is -2.29. The summed E-state index contributed by atoms with van der Waals surface area (Å²) in [5.41, 5.74) is 2.13. The molecule has 0 unspecified atom stereocenters. The first kappa shape index (κ1) is 19.5. The summed E-state index contributed by atoms with van der Waals surface area (Å²) in [5.74, 6) is -0.975. The number of halogens is 1. The zero-order valence-corrected chi connectivity index (χ0v) is 15.1. The molecule has 2 rings (SSSR count). The maximum atomic E-state index is 12.0. The van der Waals surface area contributed by atoms with Gasteiger partial charge in [-0.2, -0.15) is 0 Å². The van der Waals surface area contributed by atoms with Crippen LogP contribution in [0.1, 0.15) is 18.9 Å². The predicted molar refractivity (Wildman–Crippen MR) is 102 cm³/mol. The fourth-order valence-electron chi connectivity index (χ4n) is 2.29. The minimum Gasteiger partial charge on any atom is -0.355 e. The normalized spacial score (nSPS) is 10.1. The number of nitrogens with one attached hydrogen (secondary N) is 3. The molecule has 0 saturated carbocycles. The van der Waals surface area contributed by atoms with E-state index in [1.165, 1.54) is 6.92 Å². The van der Waals surface area contributed by atoms with Crippen LogP contribution in [0.2, 0.25) is 5.02 Å². The number of rotatable bonds is 7. The average molecular weight is 374 g/mol. The summed E-state index contributed by atoms with van der Waals surface area (Å²) in [7, 11) is 0. The van der Waals surface area contributed by atoms with E-state index in [2.05, 4.69) is 16.0 Å². The molecular formula is C19H20ClN3O3. The van der Waals surface area contributed by atoms with Crippen molar-refractivity contribution in [2.45, 2.75) is 19.8 Å². The molecule has 26 heavy (non-hydrogen) atoms.